The van der Waals surface area contributed by atoms with Gasteiger partial charge in [-0.05, 0) is 38.0 Å². The lowest BCUT2D eigenvalue weighted by Crippen LogP contribution is -2.48. The van der Waals surface area contributed by atoms with Gasteiger partial charge in [-0.25, -0.2) is 4.79 Å². The second-order valence-corrected chi connectivity index (χ2v) is 8.13. The molecule has 0 bridgehead atoms. The molecule has 1 N–H and O–H groups in total. The second kappa shape index (κ2) is 9.91. The molecule has 2 heterocycles. The minimum Gasteiger partial charge on any atom is -0.475 e. The number of aliphatic carboxylic acids is 1. The molecule has 9 heteroatoms. The van der Waals surface area contributed by atoms with Crippen molar-refractivity contribution in [1.82, 2.24) is 9.80 Å². The first-order chi connectivity index (χ1) is 13.1. The number of carbonyl (C=O) groups excluding carboxylic acids is 1. The Morgan fingerprint density at radius 2 is 1.68 bits per heavy atom. The molecule has 0 aromatic carbocycles. The quantitative estimate of drug-likeness (QED) is 0.778. The maximum absolute atomic E-state index is 12.1. The number of nitrogens with zero attached hydrogens (tertiary/aromatic N) is 2. The maximum atomic E-state index is 12.1. The van der Waals surface area contributed by atoms with Gasteiger partial charge in [0.05, 0.1) is 6.10 Å². The Labute approximate surface area is 164 Å². The van der Waals surface area contributed by atoms with Gasteiger partial charge in [0, 0.05) is 33.2 Å². The number of fused-ring (bicyclic) bond motifs is 1. The first-order valence-corrected chi connectivity index (χ1v) is 10.0. The maximum Gasteiger partial charge on any atom is 0.490 e. The van der Waals surface area contributed by atoms with Crippen molar-refractivity contribution in [3.63, 3.8) is 0 Å². The molecular formula is C19H31F3N2O4. The minimum absolute atomic E-state index is 0.138. The molecule has 3 rings (SSSR count). The van der Waals surface area contributed by atoms with E-state index < -0.39 is 12.1 Å². The molecule has 2 saturated heterocycles. The van der Waals surface area contributed by atoms with Crippen LogP contribution in [0.25, 0.3) is 0 Å². The van der Waals surface area contributed by atoms with Gasteiger partial charge in [0.15, 0.2) is 0 Å². The summed E-state index contributed by atoms with van der Waals surface area (Å²) in [6.07, 6.45) is 5.22. The van der Waals surface area contributed by atoms with E-state index in [1.807, 2.05) is 14.1 Å². The molecule has 0 aromatic rings. The number of hydrogen-bond acceptors (Lipinski definition) is 4. The van der Waals surface area contributed by atoms with Crippen LogP contribution in [-0.2, 0) is 14.3 Å². The van der Waals surface area contributed by atoms with Crippen LogP contribution in [0, 0.1) is 5.92 Å². The third kappa shape index (κ3) is 6.34. The van der Waals surface area contributed by atoms with Gasteiger partial charge in [-0.1, -0.05) is 19.3 Å². The summed E-state index contributed by atoms with van der Waals surface area (Å²) in [4.78, 5) is 25.3. The summed E-state index contributed by atoms with van der Waals surface area (Å²) in [5.41, 5.74) is 0. The summed E-state index contributed by atoms with van der Waals surface area (Å²) in [5.74, 6) is -1.72. The lowest BCUT2D eigenvalue weighted by molar-refractivity contribution is -0.192. The molecule has 3 aliphatic rings. The van der Waals surface area contributed by atoms with E-state index in [9.17, 15) is 18.0 Å². The van der Waals surface area contributed by atoms with Gasteiger partial charge in [0.1, 0.15) is 6.10 Å². The van der Waals surface area contributed by atoms with E-state index in [-0.39, 0.29) is 18.1 Å². The van der Waals surface area contributed by atoms with Crippen LogP contribution in [0.5, 0.6) is 0 Å². The van der Waals surface area contributed by atoms with Crippen LogP contribution in [0.15, 0.2) is 0 Å². The van der Waals surface area contributed by atoms with Crippen molar-refractivity contribution in [3.8, 4) is 0 Å². The number of carboxylic acid groups (broad SMARTS) is 1. The van der Waals surface area contributed by atoms with Crippen molar-refractivity contribution in [2.24, 2.45) is 5.92 Å². The van der Waals surface area contributed by atoms with Crippen LogP contribution >= 0.6 is 0 Å². The highest BCUT2D eigenvalue weighted by molar-refractivity contribution is 5.80. The van der Waals surface area contributed by atoms with Crippen LogP contribution in [0.3, 0.4) is 0 Å². The summed E-state index contributed by atoms with van der Waals surface area (Å²) in [6.45, 7) is 2.42. The number of halogens is 3. The smallest absolute Gasteiger partial charge is 0.475 e. The van der Waals surface area contributed by atoms with Crippen LogP contribution in [0.2, 0.25) is 0 Å². The lowest BCUT2D eigenvalue weighted by atomic mass is 9.88. The fourth-order valence-electron chi connectivity index (χ4n) is 4.41. The summed E-state index contributed by atoms with van der Waals surface area (Å²) >= 11 is 0. The highest BCUT2D eigenvalue weighted by Crippen LogP contribution is 2.34. The van der Waals surface area contributed by atoms with Gasteiger partial charge in [-0.15, -0.1) is 0 Å². The largest absolute Gasteiger partial charge is 0.490 e. The molecule has 3 fully saturated rings. The number of alkyl halides is 3. The monoisotopic (exact) mass is 408 g/mol. The summed E-state index contributed by atoms with van der Waals surface area (Å²) in [6, 6.07) is 0.568. The molecule has 1 aliphatic carbocycles. The van der Waals surface area contributed by atoms with Crippen molar-refractivity contribution in [1.29, 1.82) is 0 Å². The Morgan fingerprint density at radius 3 is 2.21 bits per heavy atom. The zero-order chi connectivity index (χ0) is 20.9. The number of hydrogen-bond donors (Lipinski definition) is 1. The molecular weight excluding hydrogens is 377 g/mol. The number of likely N-dealkylation sites (N-methyl/N-ethyl adjacent to an activating group) is 1. The Balaban J connectivity index is 0.000000345. The number of carboxylic acids is 1. The standard InChI is InChI=1S/C17H30N2O2.C2HF3O2/c1-18(2)17(20)16-9-8-14-15(21-16)10-11-19(14)12-13-6-4-3-5-7-13;3-2(4,5)1(6)7/h13-16H,3-12H2,1-2H3;(H,6,7)/t14-,15-,16-;/m1./s1. The average molecular weight is 408 g/mol. The highest BCUT2D eigenvalue weighted by Gasteiger charge is 2.42. The van der Waals surface area contributed by atoms with Gasteiger partial charge in [-0.2, -0.15) is 13.2 Å². The van der Waals surface area contributed by atoms with E-state index in [4.69, 9.17) is 14.6 Å². The van der Waals surface area contributed by atoms with Crippen LogP contribution in [0.4, 0.5) is 13.2 Å². The molecule has 0 unspecified atom stereocenters. The summed E-state index contributed by atoms with van der Waals surface area (Å²) < 4.78 is 37.9. The molecule has 162 valence electrons. The van der Waals surface area contributed by atoms with Gasteiger partial charge in [-0.3, -0.25) is 9.69 Å². The van der Waals surface area contributed by atoms with Crippen LogP contribution < -0.4 is 0 Å². The van der Waals surface area contributed by atoms with Crippen LogP contribution in [0.1, 0.15) is 51.4 Å². The predicted molar refractivity (Wildman–Crippen MR) is 96.8 cm³/mol. The van der Waals surface area contributed by atoms with Crippen molar-refractivity contribution in [2.75, 3.05) is 27.2 Å². The third-order valence-corrected chi connectivity index (χ3v) is 5.84. The zero-order valence-electron chi connectivity index (χ0n) is 16.6. The van der Waals surface area contributed by atoms with E-state index in [1.54, 1.807) is 4.90 Å². The topological polar surface area (TPSA) is 70.1 Å². The van der Waals surface area contributed by atoms with Crippen molar-refractivity contribution >= 4 is 11.9 Å². The molecule has 28 heavy (non-hydrogen) atoms. The molecule has 0 aromatic heterocycles. The molecule has 3 atom stereocenters. The average Bonchev–Trinajstić information content (AvgIpc) is 3.03. The van der Waals surface area contributed by atoms with Crippen LogP contribution in [-0.4, -0.2) is 78.4 Å². The van der Waals surface area contributed by atoms with E-state index >= 15 is 0 Å². The fourth-order valence-corrected chi connectivity index (χ4v) is 4.41. The molecule has 0 radical (unpaired) electrons. The van der Waals surface area contributed by atoms with Gasteiger partial charge >= 0.3 is 12.1 Å². The number of carbonyl (C=O) groups is 2. The number of likely N-dealkylation sites (tertiary alicyclic amines) is 1. The van der Waals surface area contributed by atoms with Crippen molar-refractivity contribution in [2.45, 2.75) is 75.8 Å². The van der Waals surface area contributed by atoms with E-state index in [0.29, 0.717) is 6.04 Å². The van der Waals surface area contributed by atoms with Crippen molar-refractivity contribution in [3.05, 3.63) is 0 Å². The first kappa shape index (κ1) is 22.9. The molecule has 1 amide bonds. The van der Waals surface area contributed by atoms with Gasteiger partial charge < -0.3 is 14.7 Å². The van der Waals surface area contributed by atoms with E-state index in [1.165, 1.54) is 38.6 Å². The summed E-state index contributed by atoms with van der Waals surface area (Å²) in [5, 5.41) is 7.12. The normalized spacial score (nSPS) is 28.8. The molecule has 2 aliphatic heterocycles. The second-order valence-electron chi connectivity index (χ2n) is 8.13. The Hall–Kier alpha value is -1.35. The first-order valence-electron chi connectivity index (χ1n) is 10.0. The Morgan fingerprint density at radius 1 is 1.07 bits per heavy atom. The fraction of sp³-hybridized carbons (Fsp3) is 0.895. The Kier molecular flexibility index (Phi) is 8.12. The van der Waals surface area contributed by atoms with E-state index in [0.717, 1.165) is 31.7 Å². The molecule has 0 spiro atoms. The molecule has 1 saturated carbocycles. The highest BCUT2D eigenvalue weighted by atomic mass is 19.4. The van der Waals surface area contributed by atoms with Gasteiger partial charge in [0.25, 0.3) is 5.91 Å². The van der Waals surface area contributed by atoms with E-state index in [2.05, 4.69) is 4.90 Å². The summed E-state index contributed by atoms with van der Waals surface area (Å²) in [7, 11) is 3.64. The predicted octanol–water partition coefficient (Wildman–Crippen LogP) is 2.91. The number of ether oxygens (including phenoxy) is 1. The molecule has 6 nitrogen and oxygen atoms in total. The lowest BCUT2D eigenvalue weighted by Gasteiger charge is -2.37. The minimum atomic E-state index is -5.08. The SMILES string of the molecule is CN(C)C(=O)[C@H]1CC[C@@H]2[C@@H](CCN2CC2CCCCC2)O1.O=C(O)C(F)(F)F. The van der Waals surface area contributed by atoms with Crippen molar-refractivity contribution < 1.29 is 32.6 Å². The third-order valence-electron chi connectivity index (χ3n) is 5.84. The number of rotatable bonds is 3. The van der Waals surface area contributed by atoms with Gasteiger partial charge in [0.2, 0.25) is 0 Å². The number of amides is 1. The zero-order valence-corrected chi connectivity index (χ0v) is 16.6. The Bertz CT molecular complexity index is 536.